The van der Waals surface area contributed by atoms with Crippen LogP contribution in [0, 0.1) is 18.3 Å². The minimum atomic E-state index is -3.45. The number of benzene rings is 2. The van der Waals surface area contributed by atoms with Gasteiger partial charge in [-0.3, -0.25) is 0 Å². The first-order valence-electron chi connectivity index (χ1n) is 6.00. The summed E-state index contributed by atoms with van der Waals surface area (Å²) in [5.74, 6) is -0.108. The standard InChI is InChI=1S/C15H14N2O2S/c1-11-2-7-14(17)8-15(11)20(18,19)10-13-5-3-12(9-16)4-6-13/h2-8H,10,17H2,1H3. The zero-order chi connectivity index (χ0) is 14.8. The first-order valence-corrected chi connectivity index (χ1v) is 7.65. The highest BCUT2D eigenvalue weighted by molar-refractivity contribution is 7.90. The van der Waals surface area contributed by atoms with E-state index in [-0.39, 0.29) is 10.6 Å². The Labute approximate surface area is 118 Å². The molecule has 0 fully saturated rings. The lowest BCUT2D eigenvalue weighted by Gasteiger charge is -2.09. The summed E-state index contributed by atoms with van der Waals surface area (Å²) >= 11 is 0. The van der Waals surface area contributed by atoms with Crippen LogP contribution in [0.1, 0.15) is 16.7 Å². The summed E-state index contributed by atoms with van der Waals surface area (Å²) in [7, 11) is -3.45. The molecule has 2 N–H and O–H groups in total. The van der Waals surface area contributed by atoms with E-state index in [1.165, 1.54) is 6.07 Å². The molecule has 0 spiro atoms. The molecule has 2 rings (SSSR count). The van der Waals surface area contributed by atoms with Gasteiger partial charge in [0, 0.05) is 5.69 Å². The predicted octanol–water partition coefficient (Wildman–Crippen LogP) is 2.42. The first kappa shape index (κ1) is 14.1. The van der Waals surface area contributed by atoms with Gasteiger partial charge in [0.15, 0.2) is 9.84 Å². The lowest BCUT2D eigenvalue weighted by atomic mass is 10.2. The van der Waals surface area contributed by atoms with Crippen molar-refractivity contribution < 1.29 is 8.42 Å². The lowest BCUT2D eigenvalue weighted by Crippen LogP contribution is -2.07. The van der Waals surface area contributed by atoms with Gasteiger partial charge in [-0.25, -0.2) is 8.42 Å². The number of aryl methyl sites for hydroxylation is 1. The van der Waals surface area contributed by atoms with Gasteiger partial charge in [0.1, 0.15) is 0 Å². The number of hydrogen-bond donors (Lipinski definition) is 1. The Bertz CT molecular complexity index is 773. The fourth-order valence-corrected chi connectivity index (χ4v) is 3.59. The van der Waals surface area contributed by atoms with Gasteiger partial charge in [0.05, 0.1) is 22.3 Å². The van der Waals surface area contributed by atoms with Crippen LogP contribution in [0.4, 0.5) is 5.69 Å². The molecule has 0 aliphatic carbocycles. The largest absolute Gasteiger partial charge is 0.399 e. The number of nitrogen functional groups attached to an aromatic ring is 1. The van der Waals surface area contributed by atoms with Gasteiger partial charge < -0.3 is 5.73 Å². The van der Waals surface area contributed by atoms with Crippen LogP contribution in [0.15, 0.2) is 47.4 Å². The van der Waals surface area contributed by atoms with Crippen molar-refractivity contribution >= 4 is 15.5 Å². The van der Waals surface area contributed by atoms with E-state index >= 15 is 0 Å². The molecule has 0 bridgehead atoms. The molecule has 2 aromatic carbocycles. The van der Waals surface area contributed by atoms with Crippen molar-refractivity contribution in [2.24, 2.45) is 0 Å². The quantitative estimate of drug-likeness (QED) is 0.878. The predicted molar refractivity (Wildman–Crippen MR) is 77.6 cm³/mol. The molecule has 2 aromatic rings. The molecule has 20 heavy (non-hydrogen) atoms. The van der Waals surface area contributed by atoms with E-state index in [1.807, 2.05) is 6.07 Å². The smallest absolute Gasteiger partial charge is 0.182 e. The third-order valence-electron chi connectivity index (χ3n) is 2.99. The summed E-state index contributed by atoms with van der Waals surface area (Å²) in [6.45, 7) is 1.74. The molecular weight excluding hydrogens is 272 g/mol. The summed E-state index contributed by atoms with van der Waals surface area (Å²) in [5.41, 5.74) is 7.90. The average molecular weight is 286 g/mol. The number of sulfone groups is 1. The zero-order valence-electron chi connectivity index (χ0n) is 11.0. The molecule has 0 radical (unpaired) electrons. The minimum Gasteiger partial charge on any atom is -0.399 e. The minimum absolute atomic E-state index is 0.108. The van der Waals surface area contributed by atoms with Crippen LogP contribution in [-0.4, -0.2) is 8.42 Å². The van der Waals surface area contributed by atoms with Crippen LogP contribution < -0.4 is 5.73 Å². The Morgan fingerprint density at radius 2 is 1.80 bits per heavy atom. The highest BCUT2D eigenvalue weighted by Crippen LogP contribution is 2.22. The van der Waals surface area contributed by atoms with Crippen LogP contribution in [0.2, 0.25) is 0 Å². The third kappa shape index (κ3) is 2.98. The number of nitrogens with zero attached hydrogens (tertiary/aromatic N) is 1. The average Bonchev–Trinajstić information content (AvgIpc) is 2.42. The maximum atomic E-state index is 12.4. The van der Waals surface area contributed by atoms with Crippen molar-refractivity contribution in [1.29, 1.82) is 5.26 Å². The molecule has 0 saturated heterocycles. The van der Waals surface area contributed by atoms with Crippen LogP contribution in [0.3, 0.4) is 0 Å². The van der Waals surface area contributed by atoms with Crippen molar-refractivity contribution in [3.8, 4) is 6.07 Å². The Balaban J connectivity index is 2.35. The Morgan fingerprint density at radius 3 is 2.40 bits per heavy atom. The second-order valence-corrected chi connectivity index (χ2v) is 6.55. The summed E-state index contributed by atoms with van der Waals surface area (Å²) in [6, 6.07) is 13.4. The first-order chi connectivity index (χ1) is 9.42. The van der Waals surface area contributed by atoms with E-state index in [4.69, 9.17) is 11.0 Å². The van der Waals surface area contributed by atoms with Gasteiger partial charge in [-0.1, -0.05) is 18.2 Å². The van der Waals surface area contributed by atoms with E-state index in [1.54, 1.807) is 43.3 Å². The number of rotatable bonds is 3. The second-order valence-electron chi connectivity index (χ2n) is 4.59. The van der Waals surface area contributed by atoms with Crippen LogP contribution in [-0.2, 0) is 15.6 Å². The summed E-state index contributed by atoms with van der Waals surface area (Å²) in [5, 5.41) is 8.72. The van der Waals surface area contributed by atoms with Crippen molar-refractivity contribution in [3.63, 3.8) is 0 Å². The van der Waals surface area contributed by atoms with Gasteiger partial charge in [0.25, 0.3) is 0 Å². The summed E-state index contributed by atoms with van der Waals surface area (Å²) < 4.78 is 24.8. The van der Waals surface area contributed by atoms with Crippen LogP contribution in [0.25, 0.3) is 0 Å². The molecule has 102 valence electrons. The Hall–Kier alpha value is -2.32. The van der Waals surface area contributed by atoms with E-state index in [0.29, 0.717) is 22.4 Å². The van der Waals surface area contributed by atoms with Gasteiger partial charge in [0.2, 0.25) is 0 Å². The molecule has 0 unspecified atom stereocenters. The highest BCUT2D eigenvalue weighted by atomic mass is 32.2. The fraction of sp³-hybridized carbons (Fsp3) is 0.133. The Morgan fingerprint density at radius 1 is 1.15 bits per heavy atom. The fourth-order valence-electron chi connectivity index (χ4n) is 1.92. The summed E-state index contributed by atoms with van der Waals surface area (Å²) in [4.78, 5) is 0.252. The number of nitrogens with two attached hydrogens (primary N) is 1. The van der Waals surface area contributed by atoms with Crippen LogP contribution >= 0.6 is 0 Å². The molecular formula is C15H14N2O2S. The normalized spacial score (nSPS) is 11.0. The molecule has 0 amide bonds. The van der Waals surface area contributed by atoms with E-state index in [9.17, 15) is 8.42 Å². The maximum Gasteiger partial charge on any atom is 0.182 e. The third-order valence-corrected chi connectivity index (χ3v) is 4.81. The van der Waals surface area contributed by atoms with Gasteiger partial charge in [-0.2, -0.15) is 5.26 Å². The van der Waals surface area contributed by atoms with E-state index in [2.05, 4.69) is 0 Å². The monoisotopic (exact) mass is 286 g/mol. The van der Waals surface area contributed by atoms with Crippen LogP contribution in [0.5, 0.6) is 0 Å². The second kappa shape index (κ2) is 5.35. The van der Waals surface area contributed by atoms with Crippen molar-refractivity contribution in [1.82, 2.24) is 0 Å². The molecule has 0 aliphatic rings. The zero-order valence-corrected chi connectivity index (χ0v) is 11.8. The number of anilines is 1. The van der Waals surface area contributed by atoms with Crippen molar-refractivity contribution in [2.45, 2.75) is 17.6 Å². The van der Waals surface area contributed by atoms with Crippen molar-refractivity contribution in [3.05, 3.63) is 59.2 Å². The molecule has 0 saturated carbocycles. The lowest BCUT2D eigenvalue weighted by molar-refractivity contribution is 0.594. The summed E-state index contributed by atoms with van der Waals surface area (Å²) in [6.07, 6.45) is 0. The highest BCUT2D eigenvalue weighted by Gasteiger charge is 2.18. The molecule has 0 aliphatic heterocycles. The maximum absolute atomic E-state index is 12.4. The number of hydrogen-bond acceptors (Lipinski definition) is 4. The number of nitriles is 1. The molecule has 5 heteroatoms. The molecule has 4 nitrogen and oxygen atoms in total. The van der Waals surface area contributed by atoms with Crippen molar-refractivity contribution in [2.75, 3.05) is 5.73 Å². The van der Waals surface area contributed by atoms with Gasteiger partial charge >= 0.3 is 0 Å². The topological polar surface area (TPSA) is 84.0 Å². The molecule has 0 heterocycles. The van der Waals surface area contributed by atoms with Gasteiger partial charge in [-0.15, -0.1) is 0 Å². The molecule has 0 aromatic heterocycles. The van der Waals surface area contributed by atoms with E-state index in [0.717, 1.165) is 0 Å². The Kier molecular flexibility index (Phi) is 3.77. The van der Waals surface area contributed by atoms with E-state index < -0.39 is 9.84 Å². The van der Waals surface area contributed by atoms with Gasteiger partial charge in [-0.05, 0) is 42.3 Å². The SMILES string of the molecule is Cc1ccc(N)cc1S(=O)(=O)Cc1ccc(C#N)cc1. The molecule has 0 atom stereocenters.